The Morgan fingerprint density at radius 2 is 1.95 bits per heavy atom. The van der Waals surface area contributed by atoms with Crippen molar-refractivity contribution in [3.05, 3.63) is 35.4 Å². The van der Waals surface area contributed by atoms with E-state index in [-0.39, 0.29) is 13.0 Å². The van der Waals surface area contributed by atoms with Gasteiger partial charge in [-0.3, -0.25) is 0 Å². The Balaban J connectivity index is 2.55. The zero-order valence-corrected chi connectivity index (χ0v) is 11.4. The number of nitrogens with one attached hydrogen (secondary N) is 2. The fraction of sp³-hybridized carbons (Fsp3) is 0.357. The van der Waals surface area contributed by atoms with Gasteiger partial charge in [-0.2, -0.15) is 5.26 Å². The molecule has 1 aromatic carbocycles. The highest BCUT2D eigenvalue weighted by molar-refractivity contribution is 5.85. The number of carboxylic acids is 1. The number of carbonyl (C=O) groups is 2. The van der Waals surface area contributed by atoms with E-state index in [1.54, 1.807) is 31.2 Å². The lowest BCUT2D eigenvalue weighted by Gasteiger charge is -2.24. The predicted molar refractivity (Wildman–Crippen MR) is 72.9 cm³/mol. The zero-order valence-electron chi connectivity index (χ0n) is 11.4. The second-order valence-electron chi connectivity index (χ2n) is 4.61. The SMILES string of the molecule is CCC(C)(NC(=O)NCc1ccc(C#N)cc1)C(=O)O. The molecule has 0 aliphatic carbocycles. The maximum Gasteiger partial charge on any atom is 0.329 e. The summed E-state index contributed by atoms with van der Waals surface area (Å²) in [7, 11) is 0. The van der Waals surface area contributed by atoms with Crippen molar-refractivity contribution in [1.29, 1.82) is 5.26 Å². The van der Waals surface area contributed by atoms with E-state index in [0.717, 1.165) is 5.56 Å². The van der Waals surface area contributed by atoms with E-state index in [1.165, 1.54) is 6.92 Å². The van der Waals surface area contributed by atoms with Gasteiger partial charge in [0.2, 0.25) is 0 Å². The Morgan fingerprint density at radius 3 is 2.40 bits per heavy atom. The van der Waals surface area contributed by atoms with E-state index in [9.17, 15) is 9.59 Å². The molecule has 0 spiro atoms. The van der Waals surface area contributed by atoms with Crippen LogP contribution in [0.1, 0.15) is 31.4 Å². The first-order valence-electron chi connectivity index (χ1n) is 6.19. The van der Waals surface area contributed by atoms with Crippen LogP contribution in [0.4, 0.5) is 4.79 Å². The minimum absolute atomic E-state index is 0.261. The minimum atomic E-state index is -1.28. The molecule has 2 amide bonds. The van der Waals surface area contributed by atoms with Crippen LogP contribution in [0.5, 0.6) is 0 Å². The molecule has 0 aliphatic heterocycles. The maximum absolute atomic E-state index is 11.7. The summed E-state index contributed by atoms with van der Waals surface area (Å²) in [5.41, 5.74) is 0.0877. The lowest BCUT2D eigenvalue weighted by molar-refractivity contribution is -0.143. The molecule has 106 valence electrons. The third-order valence-electron chi connectivity index (χ3n) is 3.10. The molecule has 0 aromatic heterocycles. The van der Waals surface area contributed by atoms with Crippen LogP contribution in [0, 0.1) is 11.3 Å². The Hall–Kier alpha value is -2.55. The van der Waals surface area contributed by atoms with Crippen molar-refractivity contribution in [1.82, 2.24) is 10.6 Å². The van der Waals surface area contributed by atoms with Crippen molar-refractivity contribution in [2.45, 2.75) is 32.4 Å². The maximum atomic E-state index is 11.7. The van der Waals surface area contributed by atoms with Crippen molar-refractivity contribution < 1.29 is 14.7 Å². The van der Waals surface area contributed by atoms with Crippen LogP contribution in [0.25, 0.3) is 0 Å². The van der Waals surface area contributed by atoms with E-state index >= 15 is 0 Å². The monoisotopic (exact) mass is 275 g/mol. The van der Waals surface area contributed by atoms with Gasteiger partial charge < -0.3 is 15.7 Å². The minimum Gasteiger partial charge on any atom is -0.480 e. The zero-order chi connectivity index (χ0) is 15.2. The van der Waals surface area contributed by atoms with Crippen molar-refractivity contribution in [2.24, 2.45) is 0 Å². The van der Waals surface area contributed by atoms with E-state index in [1.807, 2.05) is 6.07 Å². The molecule has 0 bridgehead atoms. The molecular formula is C14H17N3O3. The molecule has 1 unspecified atom stereocenters. The van der Waals surface area contributed by atoms with Crippen LogP contribution in [0.2, 0.25) is 0 Å². The van der Waals surface area contributed by atoms with Crippen molar-refractivity contribution in [3.63, 3.8) is 0 Å². The second-order valence-corrected chi connectivity index (χ2v) is 4.61. The van der Waals surface area contributed by atoms with Crippen LogP contribution in [-0.4, -0.2) is 22.6 Å². The lowest BCUT2D eigenvalue weighted by Crippen LogP contribution is -2.54. The Labute approximate surface area is 117 Å². The summed E-state index contributed by atoms with van der Waals surface area (Å²) in [6, 6.07) is 8.24. The van der Waals surface area contributed by atoms with Crippen LogP contribution in [0.3, 0.4) is 0 Å². The summed E-state index contributed by atoms with van der Waals surface area (Å²) in [4.78, 5) is 22.7. The van der Waals surface area contributed by atoms with Crippen LogP contribution < -0.4 is 10.6 Å². The van der Waals surface area contributed by atoms with Gasteiger partial charge in [-0.25, -0.2) is 9.59 Å². The Morgan fingerprint density at radius 1 is 1.35 bits per heavy atom. The molecule has 6 heteroatoms. The number of amides is 2. The molecule has 3 N–H and O–H groups in total. The number of carbonyl (C=O) groups excluding carboxylic acids is 1. The third kappa shape index (κ3) is 3.99. The molecule has 6 nitrogen and oxygen atoms in total. The highest BCUT2D eigenvalue weighted by atomic mass is 16.4. The van der Waals surface area contributed by atoms with E-state index < -0.39 is 17.5 Å². The first kappa shape index (κ1) is 15.5. The van der Waals surface area contributed by atoms with Crippen molar-refractivity contribution in [3.8, 4) is 6.07 Å². The number of nitrogens with zero attached hydrogens (tertiary/aromatic N) is 1. The van der Waals surface area contributed by atoms with E-state index in [2.05, 4.69) is 10.6 Å². The van der Waals surface area contributed by atoms with Gasteiger partial charge in [0.1, 0.15) is 5.54 Å². The topological polar surface area (TPSA) is 102 Å². The number of aliphatic carboxylic acids is 1. The van der Waals surface area contributed by atoms with Crippen LogP contribution in [0.15, 0.2) is 24.3 Å². The van der Waals surface area contributed by atoms with E-state index in [0.29, 0.717) is 5.56 Å². The molecule has 0 saturated carbocycles. The molecule has 0 fully saturated rings. The van der Waals surface area contributed by atoms with Crippen molar-refractivity contribution >= 4 is 12.0 Å². The second kappa shape index (κ2) is 6.57. The summed E-state index contributed by atoms with van der Waals surface area (Å²) in [6.07, 6.45) is 0.284. The highest BCUT2D eigenvalue weighted by Crippen LogP contribution is 2.09. The molecule has 0 heterocycles. The number of rotatable bonds is 5. The smallest absolute Gasteiger partial charge is 0.329 e. The molecule has 0 aliphatic rings. The van der Waals surface area contributed by atoms with Gasteiger partial charge in [-0.1, -0.05) is 19.1 Å². The van der Waals surface area contributed by atoms with Gasteiger partial charge in [-0.15, -0.1) is 0 Å². The van der Waals surface area contributed by atoms with Gasteiger partial charge >= 0.3 is 12.0 Å². The summed E-state index contributed by atoms with van der Waals surface area (Å²) < 4.78 is 0. The number of hydrogen-bond acceptors (Lipinski definition) is 3. The average molecular weight is 275 g/mol. The van der Waals surface area contributed by atoms with Gasteiger partial charge in [0.05, 0.1) is 11.6 Å². The van der Waals surface area contributed by atoms with Crippen molar-refractivity contribution in [2.75, 3.05) is 0 Å². The molecule has 0 radical (unpaired) electrons. The molecule has 1 aromatic rings. The van der Waals surface area contributed by atoms with E-state index in [4.69, 9.17) is 10.4 Å². The largest absolute Gasteiger partial charge is 0.480 e. The Bertz CT molecular complexity index is 534. The summed E-state index contributed by atoms with van der Waals surface area (Å²) in [6.45, 7) is 3.41. The van der Waals surface area contributed by atoms with Crippen LogP contribution >= 0.6 is 0 Å². The summed E-state index contributed by atoms with van der Waals surface area (Å²) >= 11 is 0. The highest BCUT2D eigenvalue weighted by Gasteiger charge is 2.32. The number of benzene rings is 1. The van der Waals surface area contributed by atoms with Gasteiger partial charge in [0.25, 0.3) is 0 Å². The molecule has 0 saturated heterocycles. The summed E-state index contributed by atoms with van der Waals surface area (Å²) in [5.74, 6) is -1.08. The third-order valence-corrected chi connectivity index (χ3v) is 3.10. The Kier molecular flexibility index (Phi) is 5.09. The number of urea groups is 1. The molecular weight excluding hydrogens is 258 g/mol. The van der Waals surface area contributed by atoms with Gasteiger partial charge in [0.15, 0.2) is 0 Å². The quantitative estimate of drug-likeness (QED) is 0.759. The number of carboxylic acid groups (broad SMARTS) is 1. The van der Waals surface area contributed by atoms with Gasteiger partial charge in [0, 0.05) is 6.54 Å². The van der Waals surface area contributed by atoms with Crippen LogP contribution in [-0.2, 0) is 11.3 Å². The first-order valence-corrected chi connectivity index (χ1v) is 6.19. The summed E-state index contributed by atoms with van der Waals surface area (Å²) in [5, 5.41) is 22.7. The lowest BCUT2D eigenvalue weighted by atomic mass is 10.00. The standard InChI is InChI=1S/C14H17N3O3/c1-3-14(2,12(18)19)17-13(20)16-9-11-6-4-10(8-15)5-7-11/h4-7H,3,9H2,1-2H3,(H,18,19)(H2,16,17,20). The van der Waals surface area contributed by atoms with Gasteiger partial charge in [-0.05, 0) is 31.0 Å². The average Bonchev–Trinajstić information content (AvgIpc) is 2.45. The predicted octanol–water partition coefficient (Wildman–Crippen LogP) is 1.61. The fourth-order valence-corrected chi connectivity index (χ4v) is 1.47. The fourth-order valence-electron chi connectivity index (χ4n) is 1.47. The molecule has 1 rings (SSSR count). The molecule has 1 atom stereocenters. The first-order chi connectivity index (χ1) is 9.41. The number of nitriles is 1. The normalized spacial score (nSPS) is 12.8. The molecule has 20 heavy (non-hydrogen) atoms. The number of hydrogen-bond donors (Lipinski definition) is 3.